The Hall–Kier alpha value is -3.71. The maximum atomic E-state index is 13.9. The Labute approximate surface area is 277 Å². The number of amides is 5. The van der Waals surface area contributed by atoms with E-state index in [1.807, 2.05) is 24.3 Å². The molecule has 0 saturated carbocycles. The van der Waals surface area contributed by atoms with Gasteiger partial charge in [0.1, 0.15) is 6.04 Å². The van der Waals surface area contributed by atoms with Crippen LogP contribution in [0.5, 0.6) is 0 Å². The van der Waals surface area contributed by atoms with Crippen LogP contribution in [0.4, 0.5) is 34.1 Å². The first-order valence-corrected chi connectivity index (χ1v) is 16.7. The minimum atomic E-state index is -4.73. The smallest absolute Gasteiger partial charge is 0.397 e. The zero-order chi connectivity index (χ0) is 33.3. The van der Waals surface area contributed by atoms with E-state index in [-0.39, 0.29) is 35.0 Å². The number of nitrogens with two attached hydrogens (primary N) is 1. The second-order valence-corrected chi connectivity index (χ2v) is 13.4. The van der Waals surface area contributed by atoms with Crippen molar-refractivity contribution in [1.29, 1.82) is 0 Å². The number of urea groups is 2. The van der Waals surface area contributed by atoms with E-state index < -0.39 is 29.5 Å². The predicted octanol–water partition coefficient (Wildman–Crippen LogP) is 5.16. The monoisotopic (exact) mass is 675 g/mol. The topological polar surface area (TPSA) is 114 Å². The summed E-state index contributed by atoms with van der Waals surface area (Å²) in [4.78, 5) is 47.9. The molecule has 6 rings (SSSR count). The summed E-state index contributed by atoms with van der Waals surface area (Å²) in [5.41, 5.74) is 5.97. The third-order valence-corrected chi connectivity index (χ3v) is 10.3. The molecule has 0 radical (unpaired) electrons. The summed E-state index contributed by atoms with van der Waals surface area (Å²) in [6.45, 7) is 4.33. The van der Waals surface area contributed by atoms with Gasteiger partial charge in [-0.15, -0.1) is 0 Å². The second-order valence-electron chi connectivity index (χ2n) is 13.0. The molecule has 5 amide bonds. The summed E-state index contributed by atoms with van der Waals surface area (Å²) in [6.07, 6.45) is 0.149. The van der Waals surface area contributed by atoms with Gasteiger partial charge in [0.15, 0.2) is 0 Å². The number of nitrogen functional groups attached to an aromatic ring is 1. The first-order valence-electron chi connectivity index (χ1n) is 16.4. The SMILES string of the molecule is Nc1c(Cl)cc(C[C@@H](NC(=O)N2CCC(N3Cc4ccccc4NC3=O)CC2)C(=O)N2CCC(N3CCCC3)CC2)cc1C(F)(F)F. The Morgan fingerprint density at radius 1 is 0.957 bits per heavy atom. The van der Waals surface area contributed by atoms with Crippen LogP contribution >= 0.6 is 11.6 Å². The number of fused-ring (bicyclic) bond motifs is 1. The Balaban J connectivity index is 1.13. The van der Waals surface area contributed by atoms with Gasteiger partial charge in [-0.25, -0.2) is 9.59 Å². The van der Waals surface area contributed by atoms with E-state index in [0.29, 0.717) is 51.6 Å². The van der Waals surface area contributed by atoms with Crippen LogP contribution < -0.4 is 16.4 Å². The number of para-hydroxylation sites is 1. The van der Waals surface area contributed by atoms with Crippen molar-refractivity contribution >= 4 is 40.9 Å². The average molecular weight is 676 g/mol. The molecular weight excluding hydrogens is 635 g/mol. The predicted molar refractivity (Wildman–Crippen MR) is 173 cm³/mol. The highest BCUT2D eigenvalue weighted by atomic mass is 35.5. The van der Waals surface area contributed by atoms with Crippen molar-refractivity contribution in [2.45, 2.75) is 75.8 Å². The summed E-state index contributed by atoms with van der Waals surface area (Å²) < 4.78 is 41.3. The van der Waals surface area contributed by atoms with Gasteiger partial charge in [0.2, 0.25) is 5.91 Å². The van der Waals surface area contributed by atoms with Crippen molar-refractivity contribution in [2.24, 2.45) is 0 Å². The molecule has 47 heavy (non-hydrogen) atoms. The number of piperidine rings is 2. The van der Waals surface area contributed by atoms with Gasteiger partial charge < -0.3 is 36.0 Å². The highest BCUT2D eigenvalue weighted by molar-refractivity contribution is 6.33. The molecule has 0 spiro atoms. The number of carbonyl (C=O) groups excluding carboxylic acids is 3. The number of anilines is 2. The number of halogens is 4. The normalized spacial score (nSPS) is 20.6. The largest absolute Gasteiger partial charge is 0.418 e. The van der Waals surface area contributed by atoms with E-state index in [1.165, 1.54) is 18.9 Å². The fourth-order valence-corrected chi connectivity index (χ4v) is 7.62. The second kappa shape index (κ2) is 13.8. The number of alkyl halides is 3. The van der Waals surface area contributed by atoms with Crippen molar-refractivity contribution in [3.8, 4) is 0 Å². The molecule has 3 fully saturated rings. The van der Waals surface area contributed by atoms with Gasteiger partial charge in [-0.2, -0.15) is 13.2 Å². The van der Waals surface area contributed by atoms with Gasteiger partial charge in [-0.1, -0.05) is 29.8 Å². The quantitative estimate of drug-likeness (QED) is 0.366. The lowest BCUT2D eigenvalue weighted by Gasteiger charge is -2.41. The molecule has 10 nitrogen and oxygen atoms in total. The molecule has 4 aliphatic rings. The van der Waals surface area contributed by atoms with Gasteiger partial charge in [0.05, 0.1) is 16.3 Å². The standard InChI is InChI=1S/C33H41ClF3N7O3/c34-26-18-21(17-25(29(26)38)33(35,36)37)19-28(30(45)42-13-7-23(8-14-42)41-11-3-4-12-41)40-31(46)43-15-9-24(10-16-43)44-20-22-5-1-2-6-27(22)39-32(44)47/h1-2,5-6,17-18,23-24,28H,3-4,7-16,19-20,38H2,(H,39,47)(H,40,46)/t28-/m1/s1. The van der Waals surface area contributed by atoms with Gasteiger partial charge in [-0.3, -0.25) is 4.79 Å². The lowest BCUT2D eigenvalue weighted by atomic mass is 9.98. The lowest BCUT2D eigenvalue weighted by Crippen LogP contribution is -2.57. The van der Waals surface area contributed by atoms with Crippen LogP contribution in [0.15, 0.2) is 36.4 Å². The Morgan fingerprint density at radius 2 is 1.60 bits per heavy atom. The highest BCUT2D eigenvalue weighted by Gasteiger charge is 2.38. The molecule has 2 aromatic carbocycles. The van der Waals surface area contributed by atoms with Crippen LogP contribution in [0.1, 0.15) is 55.2 Å². The maximum Gasteiger partial charge on any atom is 0.418 e. The molecule has 2 aromatic rings. The zero-order valence-corrected chi connectivity index (χ0v) is 27.0. The minimum absolute atomic E-state index is 0.0700. The van der Waals surface area contributed by atoms with E-state index in [2.05, 4.69) is 15.5 Å². The number of carbonyl (C=O) groups is 3. The van der Waals surface area contributed by atoms with Crippen LogP contribution in [0.2, 0.25) is 5.02 Å². The summed E-state index contributed by atoms with van der Waals surface area (Å²) in [6, 6.07) is 8.45. The molecule has 0 bridgehead atoms. The molecule has 3 saturated heterocycles. The fraction of sp³-hybridized carbons (Fsp3) is 0.545. The first kappa shape index (κ1) is 33.2. The van der Waals surface area contributed by atoms with Crippen molar-refractivity contribution in [3.05, 3.63) is 58.1 Å². The minimum Gasteiger partial charge on any atom is -0.397 e. The molecule has 0 unspecified atom stereocenters. The fourth-order valence-electron chi connectivity index (χ4n) is 7.38. The van der Waals surface area contributed by atoms with Crippen molar-refractivity contribution < 1.29 is 27.6 Å². The Morgan fingerprint density at radius 3 is 2.28 bits per heavy atom. The molecule has 4 N–H and O–H groups in total. The van der Waals surface area contributed by atoms with E-state index >= 15 is 0 Å². The molecule has 0 aliphatic carbocycles. The lowest BCUT2D eigenvalue weighted by molar-refractivity contribution is -0.137. The summed E-state index contributed by atoms with van der Waals surface area (Å²) >= 11 is 6.11. The van der Waals surface area contributed by atoms with Gasteiger partial charge in [0.25, 0.3) is 0 Å². The Kier molecular flexibility index (Phi) is 9.75. The van der Waals surface area contributed by atoms with Crippen molar-refractivity contribution in [2.75, 3.05) is 50.3 Å². The number of hydrogen-bond donors (Lipinski definition) is 3. The zero-order valence-electron chi connectivity index (χ0n) is 26.2. The summed E-state index contributed by atoms with van der Waals surface area (Å²) in [7, 11) is 0. The number of hydrogen-bond acceptors (Lipinski definition) is 5. The van der Waals surface area contributed by atoms with Crippen LogP contribution in [-0.2, 0) is 23.9 Å². The summed E-state index contributed by atoms with van der Waals surface area (Å²) in [5.74, 6) is -0.335. The third-order valence-electron chi connectivity index (χ3n) is 10.0. The van der Waals surface area contributed by atoms with Gasteiger partial charge in [-0.05, 0) is 80.9 Å². The Bertz CT molecular complexity index is 1490. The molecule has 254 valence electrons. The third kappa shape index (κ3) is 7.40. The van der Waals surface area contributed by atoms with Crippen LogP contribution in [0.25, 0.3) is 0 Å². The van der Waals surface area contributed by atoms with E-state index in [4.69, 9.17) is 17.3 Å². The molecule has 4 heterocycles. The molecule has 14 heteroatoms. The highest BCUT2D eigenvalue weighted by Crippen LogP contribution is 2.38. The first-order chi connectivity index (χ1) is 22.5. The molecule has 0 aromatic heterocycles. The molecular formula is C33H41ClF3N7O3. The van der Waals surface area contributed by atoms with Crippen molar-refractivity contribution in [1.82, 2.24) is 24.9 Å². The summed E-state index contributed by atoms with van der Waals surface area (Å²) in [5, 5.41) is 5.52. The number of nitrogens with one attached hydrogen (secondary N) is 2. The number of benzene rings is 2. The average Bonchev–Trinajstić information content (AvgIpc) is 3.60. The number of rotatable bonds is 6. The van der Waals surface area contributed by atoms with Crippen LogP contribution in [-0.4, -0.2) is 95.0 Å². The maximum absolute atomic E-state index is 13.9. The van der Waals surface area contributed by atoms with Gasteiger partial charge >= 0.3 is 18.2 Å². The van der Waals surface area contributed by atoms with E-state index in [1.54, 1.807) is 14.7 Å². The molecule has 4 aliphatic heterocycles. The van der Waals surface area contributed by atoms with Gasteiger partial charge in [0, 0.05) is 56.9 Å². The number of likely N-dealkylation sites (tertiary alicyclic amines) is 3. The number of nitrogens with zero attached hydrogens (tertiary/aromatic N) is 4. The van der Waals surface area contributed by atoms with E-state index in [9.17, 15) is 27.6 Å². The van der Waals surface area contributed by atoms with Crippen LogP contribution in [0.3, 0.4) is 0 Å². The van der Waals surface area contributed by atoms with E-state index in [0.717, 1.165) is 43.2 Å². The molecule has 1 atom stereocenters. The van der Waals surface area contributed by atoms with Crippen molar-refractivity contribution in [3.63, 3.8) is 0 Å². The van der Waals surface area contributed by atoms with Crippen LogP contribution in [0, 0.1) is 0 Å².